The summed E-state index contributed by atoms with van der Waals surface area (Å²) in [6, 6.07) is 4.92. The number of hydrogen-bond acceptors (Lipinski definition) is 4. The number of pyridine rings is 1. The van der Waals surface area contributed by atoms with Crippen LogP contribution >= 0.6 is 0 Å². The van der Waals surface area contributed by atoms with Gasteiger partial charge in [-0.1, -0.05) is 26.8 Å². The topological polar surface area (TPSA) is 37.4 Å². The Morgan fingerprint density at radius 3 is 2.52 bits per heavy atom. The summed E-state index contributed by atoms with van der Waals surface area (Å²) in [5, 5.41) is 3.32. The maximum atomic E-state index is 5.24. The van der Waals surface area contributed by atoms with Crippen LogP contribution in [0.5, 0.6) is 0 Å². The lowest BCUT2D eigenvalue weighted by Gasteiger charge is -2.29. The van der Waals surface area contributed by atoms with E-state index in [4.69, 9.17) is 4.74 Å². The lowest BCUT2D eigenvalue weighted by molar-refractivity contribution is 0.109. The molecule has 0 saturated heterocycles. The fraction of sp³-hybridized carbons (Fsp3) is 0.706. The van der Waals surface area contributed by atoms with Crippen molar-refractivity contribution in [1.82, 2.24) is 15.2 Å². The van der Waals surface area contributed by atoms with Crippen molar-refractivity contribution in [2.45, 2.75) is 52.7 Å². The highest BCUT2D eigenvalue weighted by Gasteiger charge is 2.15. The molecule has 21 heavy (non-hydrogen) atoms. The van der Waals surface area contributed by atoms with E-state index in [0.717, 1.165) is 38.5 Å². The molecule has 0 saturated carbocycles. The summed E-state index contributed by atoms with van der Waals surface area (Å²) >= 11 is 0. The van der Waals surface area contributed by atoms with Gasteiger partial charge in [0.2, 0.25) is 0 Å². The van der Waals surface area contributed by atoms with Crippen molar-refractivity contribution in [3.05, 3.63) is 29.6 Å². The Balaban J connectivity index is 2.64. The molecule has 0 aromatic carbocycles. The van der Waals surface area contributed by atoms with E-state index in [1.54, 1.807) is 7.11 Å². The van der Waals surface area contributed by atoms with Gasteiger partial charge in [0.05, 0.1) is 12.3 Å². The molecular weight excluding hydrogens is 262 g/mol. The van der Waals surface area contributed by atoms with Crippen LogP contribution in [0.2, 0.25) is 0 Å². The first-order valence-corrected chi connectivity index (χ1v) is 8.12. The summed E-state index contributed by atoms with van der Waals surface area (Å²) in [5.41, 5.74) is 2.38. The quantitative estimate of drug-likeness (QED) is 0.681. The minimum Gasteiger partial charge on any atom is -0.383 e. The number of hydrogen-bond donors (Lipinski definition) is 1. The van der Waals surface area contributed by atoms with E-state index >= 15 is 0 Å². The Labute approximate surface area is 129 Å². The minimum atomic E-state index is 0.600. The zero-order valence-corrected chi connectivity index (χ0v) is 14.1. The summed E-state index contributed by atoms with van der Waals surface area (Å²) in [7, 11) is 1.76. The molecule has 0 amide bonds. The fourth-order valence-electron chi connectivity index (χ4n) is 2.53. The van der Waals surface area contributed by atoms with Gasteiger partial charge in [0.15, 0.2) is 0 Å². The monoisotopic (exact) mass is 293 g/mol. The van der Waals surface area contributed by atoms with Gasteiger partial charge < -0.3 is 10.1 Å². The first-order chi connectivity index (χ1) is 10.2. The van der Waals surface area contributed by atoms with E-state index in [-0.39, 0.29) is 0 Å². The summed E-state index contributed by atoms with van der Waals surface area (Å²) in [6.07, 6.45) is 4.32. The zero-order valence-electron chi connectivity index (χ0n) is 14.1. The van der Waals surface area contributed by atoms with Crippen LogP contribution in [0.25, 0.3) is 0 Å². The number of aromatic nitrogens is 1. The van der Waals surface area contributed by atoms with Crippen LogP contribution in [-0.2, 0) is 17.8 Å². The average Bonchev–Trinajstić information content (AvgIpc) is 2.52. The molecule has 0 aliphatic carbocycles. The first-order valence-electron chi connectivity index (χ1n) is 8.12. The summed E-state index contributed by atoms with van der Waals surface area (Å²) < 4.78 is 5.24. The van der Waals surface area contributed by atoms with Gasteiger partial charge in [0, 0.05) is 39.0 Å². The van der Waals surface area contributed by atoms with Crippen molar-refractivity contribution in [3.63, 3.8) is 0 Å². The SMILES string of the molecule is CCNCc1ccc(CN(CCOC)C(CC)CC)nc1. The Morgan fingerprint density at radius 2 is 2.00 bits per heavy atom. The third-order valence-corrected chi connectivity index (χ3v) is 3.87. The van der Waals surface area contributed by atoms with Crippen LogP contribution in [0, 0.1) is 0 Å². The molecule has 4 nitrogen and oxygen atoms in total. The third-order valence-electron chi connectivity index (χ3n) is 3.87. The van der Waals surface area contributed by atoms with Crippen molar-refractivity contribution in [2.24, 2.45) is 0 Å². The molecule has 1 aromatic rings. The first kappa shape index (κ1) is 18.1. The molecule has 0 fully saturated rings. The normalized spacial score (nSPS) is 11.5. The van der Waals surface area contributed by atoms with Crippen molar-refractivity contribution in [1.29, 1.82) is 0 Å². The van der Waals surface area contributed by atoms with Gasteiger partial charge in [-0.2, -0.15) is 0 Å². The standard InChI is InChI=1S/C17H31N3O/c1-5-17(6-2)20(10-11-21-4)14-16-9-8-15(13-19-16)12-18-7-3/h8-9,13,17-18H,5-7,10-12,14H2,1-4H3. The van der Waals surface area contributed by atoms with E-state index in [0.29, 0.717) is 6.04 Å². The van der Waals surface area contributed by atoms with E-state index < -0.39 is 0 Å². The van der Waals surface area contributed by atoms with Crippen LogP contribution in [0.1, 0.15) is 44.9 Å². The van der Waals surface area contributed by atoms with Crippen LogP contribution in [0.15, 0.2) is 18.3 Å². The highest BCUT2D eigenvalue weighted by Crippen LogP contribution is 2.12. The highest BCUT2D eigenvalue weighted by molar-refractivity contribution is 5.14. The second-order valence-electron chi connectivity index (χ2n) is 5.37. The van der Waals surface area contributed by atoms with Gasteiger partial charge >= 0.3 is 0 Å². The van der Waals surface area contributed by atoms with Crippen LogP contribution in [-0.4, -0.2) is 42.7 Å². The lowest BCUT2D eigenvalue weighted by Crippen LogP contribution is -2.36. The molecule has 0 unspecified atom stereocenters. The lowest BCUT2D eigenvalue weighted by atomic mass is 10.1. The maximum Gasteiger partial charge on any atom is 0.0589 e. The average molecular weight is 293 g/mol. The number of rotatable bonds is 11. The van der Waals surface area contributed by atoms with Gasteiger partial charge in [0.1, 0.15) is 0 Å². The molecule has 1 rings (SSSR count). The van der Waals surface area contributed by atoms with Crippen molar-refractivity contribution < 1.29 is 4.74 Å². The van der Waals surface area contributed by atoms with Gasteiger partial charge in [-0.05, 0) is 31.0 Å². The molecule has 4 heteroatoms. The summed E-state index contributed by atoms with van der Waals surface area (Å²) in [5.74, 6) is 0. The zero-order chi connectivity index (χ0) is 15.5. The van der Waals surface area contributed by atoms with E-state index in [1.807, 2.05) is 6.20 Å². The largest absolute Gasteiger partial charge is 0.383 e. The molecule has 0 radical (unpaired) electrons. The Bertz CT molecular complexity index is 363. The molecular formula is C17H31N3O. The number of nitrogens with zero attached hydrogens (tertiary/aromatic N) is 2. The van der Waals surface area contributed by atoms with Crippen molar-refractivity contribution >= 4 is 0 Å². The molecule has 0 aliphatic rings. The predicted molar refractivity (Wildman–Crippen MR) is 88.3 cm³/mol. The van der Waals surface area contributed by atoms with E-state index in [2.05, 4.69) is 48.1 Å². The second kappa shape index (κ2) is 10.7. The van der Waals surface area contributed by atoms with Crippen LogP contribution < -0.4 is 5.32 Å². The Morgan fingerprint density at radius 1 is 1.24 bits per heavy atom. The fourth-order valence-corrected chi connectivity index (χ4v) is 2.53. The Hall–Kier alpha value is -0.970. The van der Waals surface area contributed by atoms with Gasteiger partial charge in [-0.25, -0.2) is 0 Å². The number of nitrogens with one attached hydrogen (secondary N) is 1. The predicted octanol–water partition coefficient (Wildman–Crippen LogP) is 2.83. The molecule has 0 aliphatic heterocycles. The van der Waals surface area contributed by atoms with Crippen LogP contribution in [0.3, 0.4) is 0 Å². The minimum absolute atomic E-state index is 0.600. The Kier molecular flexibility index (Phi) is 9.22. The van der Waals surface area contributed by atoms with Gasteiger partial charge in [-0.15, -0.1) is 0 Å². The molecule has 1 N–H and O–H groups in total. The van der Waals surface area contributed by atoms with Gasteiger partial charge in [0.25, 0.3) is 0 Å². The highest BCUT2D eigenvalue weighted by atomic mass is 16.5. The summed E-state index contributed by atoms with van der Waals surface area (Å²) in [4.78, 5) is 7.09. The maximum absolute atomic E-state index is 5.24. The van der Waals surface area contributed by atoms with Crippen molar-refractivity contribution in [3.8, 4) is 0 Å². The van der Waals surface area contributed by atoms with E-state index in [9.17, 15) is 0 Å². The molecule has 120 valence electrons. The number of ether oxygens (including phenoxy) is 1. The van der Waals surface area contributed by atoms with Gasteiger partial charge in [-0.3, -0.25) is 9.88 Å². The summed E-state index contributed by atoms with van der Waals surface area (Å²) in [6.45, 7) is 11.1. The molecule has 1 heterocycles. The molecule has 0 spiro atoms. The molecule has 0 bridgehead atoms. The second-order valence-corrected chi connectivity index (χ2v) is 5.37. The van der Waals surface area contributed by atoms with Crippen LogP contribution in [0.4, 0.5) is 0 Å². The third kappa shape index (κ3) is 6.55. The van der Waals surface area contributed by atoms with E-state index in [1.165, 1.54) is 18.4 Å². The smallest absolute Gasteiger partial charge is 0.0589 e. The molecule has 0 atom stereocenters. The number of methoxy groups -OCH3 is 1. The molecule has 1 aromatic heterocycles. The van der Waals surface area contributed by atoms with Crippen molar-refractivity contribution in [2.75, 3.05) is 26.8 Å².